The van der Waals surface area contributed by atoms with Gasteiger partial charge in [0.1, 0.15) is 0 Å². The van der Waals surface area contributed by atoms with E-state index in [1.54, 1.807) is 5.57 Å². The predicted molar refractivity (Wildman–Crippen MR) is 285 cm³/mol. The Hall–Kier alpha value is -6.12. The molecule has 0 saturated carbocycles. The average molecular weight is 865 g/mol. The van der Waals surface area contributed by atoms with Gasteiger partial charge >= 0.3 is 0 Å². The molecule has 2 nitrogen and oxygen atoms in total. The van der Waals surface area contributed by atoms with Crippen molar-refractivity contribution in [2.75, 3.05) is 9.80 Å². The average Bonchev–Trinajstić information content (AvgIpc) is 3.70. The van der Waals surface area contributed by atoms with Crippen LogP contribution in [0.3, 0.4) is 0 Å². The van der Waals surface area contributed by atoms with Crippen molar-refractivity contribution in [3.63, 3.8) is 0 Å². The Labute approximate surface area is 395 Å². The molecule has 1 unspecified atom stereocenters. The number of hydrogen-bond acceptors (Lipinski definition) is 2. The maximum absolute atomic E-state index is 2.62. The molecule has 0 N–H and O–H groups in total. The third kappa shape index (κ3) is 6.81. The summed E-state index contributed by atoms with van der Waals surface area (Å²) in [6.07, 6.45) is 10.2. The van der Waals surface area contributed by atoms with Gasteiger partial charge < -0.3 is 9.80 Å². The molecule has 0 radical (unpaired) electrons. The van der Waals surface area contributed by atoms with E-state index in [4.69, 9.17) is 0 Å². The van der Waals surface area contributed by atoms with Gasteiger partial charge in [0.2, 0.25) is 0 Å². The standard InChI is InChI=1S/C64H68N2/c1-13-43-19-23-49(35-45(43)15-3)65(47-21-17-39(5)41(7)33-47)51-25-27-53-55-29-31-58-57(61(55)63(9,10)59(53)37-51)32-30-56-54-28-26-52(38-60(54)64(11,12)62(56)58)66(48-22-18-40(6)42(8)34-48)50-24-20-44(14-2)46(16-4)36-50/h17-35,37-38,50H,13-16,36H2,1-12H3. The van der Waals surface area contributed by atoms with E-state index in [9.17, 15) is 0 Å². The molecule has 0 aliphatic heterocycles. The minimum absolute atomic E-state index is 0.199. The third-order valence-corrected chi connectivity index (χ3v) is 16.2. The van der Waals surface area contributed by atoms with Crippen LogP contribution >= 0.6 is 0 Å². The summed E-state index contributed by atoms with van der Waals surface area (Å²) >= 11 is 0. The van der Waals surface area contributed by atoms with E-state index in [2.05, 4.69) is 220 Å². The number of anilines is 5. The molecule has 0 spiro atoms. The van der Waals surface area contributed by atoms with Gasteiger partial charge in [-0.1, -0.05) is 128 Å². The highest BCUT2D eigenvalue weighted by molar-refractivity contribution is 6.04. The summed E-state index contributed by atoms with van der Waals surface area (Å²) in [5.41, 5.74) is 28.1. The van der Waals surface area contributed by atoms with Crippen molar-refractivity contribution in [3.05, 3.63) is 194 Å². The summed E-state index contributed by atoms with van der Waals surface area (Å²) in [6.45, 7) is 27.9. The minimum atomic E-state index is -0.212. The van der Waals surface area contributed by atoms with Crippen molar-refractivity contribution < 1.29 is 0 Å². The van der Waals surface area contributed by atoms with Gasteiger partial charge in [0.05, 0.1) is 6.04 Å². The minimum Gasteiger partial charge on any atom is -0.334 e. The van der Waals surface area contributed by atoms with Crippen LogP contribution in [-0.2, 0) is 23.7 Å². The predicted octanol–water partition coefficient (Wildman–Crippen LogP) is 17.9. The van der Waals surface area contributed by atoms with Crippen LogP contribution in [0.1, 0.15) is 130 Å². The molecule has 334 valence electrons. The van der Waals surface area contributed by atoms with Crippen LogP contribution < -0.4 is 9.80 Å². The lowest BCUT2D eigenvalue weighted by atomic mass is 9.76. The molecule has 2 heteroatoms. The fourth-order valence-corrected chi connectivity index (χ4v) is 12.2. The topological polar surface area (TPSA) is 6.48 Å². The van der Waals surface area contributed by atoms with Gasteiger partial charge in [-0.15, -0.1) is 0 Å². The number of benzene rings is 7. The second-order valence-electron chi connectivity index (χ2n) is 20.7. The van der Waals surface area contributed by atoms with Crippen LogP contribution in [0.5, 0.6) is 0 Å². The fourth-order valence-electron chi connectivity index (χ4n) is 12.2. The van der Waals surface area contributed by atoms with E-state index < -0.39 is 0 Å². The monoisotopic (exact) mass is 865 g/mol. The van der Waals surface area contributed by atoms with Gasteiger partial charge in [0.15, 0.2) is 0 Å². The molecule has 0 fully saturated rings. The van der Waals surface area contributed by atoms with Crippen LogP contribution in [-0.4, -0.2) is 6.04 Å². The highest BCUT2D eigenvalue weighted by Crippen LogP contribution is 2.57. The van der Waals surface area contributed by atoms with Gasteiger partial charge in [-0.2, -0.15) is 0 Å². The molecule has 10 rings (SSSR count). The Morgan fingerprint density at radius 3 is 1.48 bits per heavy atom. The number of allylic oxidation sites excluding steroid dienone is 2. The maximum Gasteiger partial charge on any atom is 0.0562 e. The first-order valence-electron chi connectivity index (χ1n) is 24.8. The van der Waals surface area contributed by atoms with Crippen molar-refractivity contribution >= 4 is 39.2 Å². The van der Waals surface area contributed by atoms with Crippen LogP contribution in [0.2, 0.25) is 0 Å². The van der Waals surface area contributed by atoms with Gasteiger partial charge in [-0.25, -0.2) is 0 Å². The Morgan fingerprint density at radius 2 is 0.924 bits per heavy atom. The first-order chi connectivity index (χ1) is 31.7. The molecular formula is C64H68N2. The first kappa shape index (κ1) is 43.8. The van der Waals surface area contributed by atoms with E-state index >= 15 is 0 Å². The van der Waals surface area contributed by atoms with E-state index in [0.717, 1.165) is 32.1 Å². The van der Waals surface area contributed by atoms with Gasteiger partial charge in [-0.05, 0) is 215 Å². The molecule has 0 bridgehead atoms. The molecule has 0 aromatic heterocycles. The van der Waals surface area contributed by atoms with E-state index in [-0.39, 0.29) is 16.9 Å². The van der Waals surface area contributed by atoms with E-state index in [0.29, 0.717) is 0 Å². The van der Waals surface area contributed by atoms with Crippen molar-refractivity contribution in [2.45, 2.75) is 132 Å². The molecule has 3 aliphatic carbocycles. The fraction of sp³-hybridized carbons (Fsp3) is 0.312. The quantitative estimate of drug-likeness (QED) is 0.135. The van der Waals surface area contributed by atoms with Crippen molar-refractivity contribution in [3.8, 4) is 22.3 Å². The number of hydrogen-bond donors (Lipinski definition) is 0. The molecule has 66 heavy (non-hydrogen) atoms. The number of aryl methyl sites for hydroxylation is 6. The van der Waals surface area contributed by atoms with Crippen LogP contribution in [0.4, 0.5) is 28.4 Å². The summed E-state index contributed by atoms with van der Waals surface area (Å²) in [5, 5.41) is 2.75. The zero-order valence-corrected chi connectivity index (χ0v) is 41.6. The van der Waals surface area contributed by atoms with Gasteiger partial charge in [0, 0.05) is 39.3 Å². The summed E-state index contributed by atoms with van der Waals surface area (Å²) < 4.78 is 0. The molecule has 7 aromatic rings. The largest absolute Gasteiger partial charge is 0.334 e. The third-order valence-electron chi connectivity index (χ3n) is 16.2. The molecule has 1 atom stereocenters. The van der Waals surface area contributed by atoms with E-state index in [1.165, 1.54) is 123 Å². The van der Waals surface area contributed by atoms with Crippen LogP contribution in [0, 0.1) is 27.7 Å². The second kappa shape index (κ2) is 16.3. The van der Waals surface area contributed by atoms with Crippen LogP contribution in [0.25, 0.3) is 33.0 Å². The lowest BCUT2D eigenvalue weighted by Gasteiger charge is -2.36. The SMILES string of the molecule is CCC1=C(CC)CC(N(c2ccc(C)c(C)c2)c2ccc3c(c2)C(C)(C)c2c-3ccc3c4c(ccc23)-c2ccc(N(c3ccc(C)c(C)c3)c3ccc(CC)c(CC)c3)cc2C4(C)C)C=C1. The Kier molecular flexibility index (Phi) is 10.8. The number of nitrogens with zero attached hydrogens (tertiary/aromatic N) is 2. The Balaban J connectivity index is 1.07. The lowest BCUT2D eigenvalue weighted by Crippen LogP contribution is -2.32. The summed E-state index contributed by atoms with van der Waals surface area (Å²) in [7, 11) is 0. The lowest BCUT2D eigenvalue weighted by molar-refractivity contribution is 0.660. The number of rotatable bonds is 10. The molecule has 0 saturated heterocycles. The second-order valence-corrected chi connectivity index (χ2v) is 20.7. The molecular weight excluding hydrogens is 797 g/mol. The van der Waals surface area contributed by atoms with Crippen LogP contribution in [0.15, 0.2) is 139 Å². The van der Waals surface area contributed by atoms with Gasteiger partial charge in [0.25, 0.3) is 0 Å². The molecule has 0 heterocycles. The molecule has 0 amide bonds. The molecule has 7 aromatic carbocycles. The smallest absolute Gasteiger partial charge is 0.0562 e. The summed E-state index contributed by atoms with van der Waals surface area (Å²) in [6, 6.07) is 45.7. The normalized spacial score (nSPS) is 16.3. The van der Waals surface area contributed by atoms with Crippen molar-refractivity contribution in [2.24, 2.45) is 0 Å². The number of fused-ring (bicyclic) bond motifs is 9. The Bertz CT molecular complexity index is 3170. The highest BCUT2D eigenvalue weighted by atomic mass is 15.2. The zero-order chi connectivity index (χ0) is 46.4. The van der Waals surface area contributed by atoms with Crippen molar-refractivity contribution in [1.29, 1.82) is 0 Å². The first-order valence-corrected chi connectivity index (χ1v) is 24.8. The van der Waals surface area contributed by atoms with Gasteiger partial charge in [-0.3, -0.25) is 0 Å². The van der Waals surface area contributed by atoms with Crippen molar-refractivity contribution in [1.82, 2.24) is 0 Å². The zero-order valence-electron chi connectivity index (χ0n) is 41.6. The molecule has 3 aliphatic rings. The van der Waals surface area contributed by atoms with E-state index in [1.807, 2.05) is 0 Å². The highest BCUT2D eigenvalue weighted by Gasteiger charge is 2.42. The Morgan fingerprint density at radius 1 is 0.455 bits per heavy atom. The summed E-state index contributed by atoms with van der Waals surface area (Å²) in [4.78, 5) is 5.10. The summed E-state index contributed by atoms with van der Waals surface area (Å²) in [5.74, 6) is 0. The maximum atomic E-state index is 2.62.